The van der Waals surface area contributed by atoms with Crippen LogP contribution in [0.25, 0.3) is 22.4 Å². The van der Waals surface area contributed by atoms with E-state index in [0.717, 1.165) is 36.9 Å². The van der Waals surface area contributed by atoms with Gasteiger partial charge in [0, 0.05) is 71.4 Å². The third kappa shape index (κ3) is 8.15. The first kappa shape index (κ1) is 34.0. The number of halogens is 5. The van der Waals surface area contributed by atoms with Crippen molar-refractivity contribution >= 4 is 29.1 Å². The van der Waals surface area contributed by atoms with Crippen LogP contribution in [0.2, 0.25) is 10.0 Å². The number of hydrogen-bond acceptors (Lipinski definition) is 6. The largest absolute Gasteiger partial charge is 0.507 e. The van der Waals surface area contributed by atoms with Crippen molar-refractivity contribution in [3.05, 3.63) is 109 Å². The predicted octanol–water partition coefficient (Wildman–Crippen LogP) is 6.86. The quantitative estimate of drug-likeness (QED) is 0.199. The summed E-state index contributed by atoms with van der Waals surface area (Å²) in [6.45, 7) is 3.38. The average molecular weight is 686 g/mol. The minimum atomic E-state index is -4.71. The summed E-state index contributed by atoms with van der Waals surface area (Å²) >= 11 is 12.8. The normalized spacial score (nSPS) is 13.7. The zero-order chi connectivity index (χ0) is 33.7. The van der Waals surface area contributed by atoms with Gasteiger partial charge in [0.25, 0.3) is 5.56 Å². The molecule has 1 fully saturated rings. The van der Waals surface area contributed by atoms with E-state index < -0.39 is 22.9 Å². The second-order valence-corrected chi connectivity index (χ2v) is 11.8. The first-order chi connectivity index (χ1) is 22.4. The third-order valence-corrected chi connectivity index (χ3v) is 8.40. The monoisotopic (exact) mass is 684 g/mol. The number of carbonyl (C=O) groups is 1. The fourth-order valence-corrected chi connectivity index (χ4v) is 5.86. The van der Waals surface area contributed by atoms with Crippen molar-refractivity contribution < 1.29 is 27.8 Å². The standard InChI is InChI=1S/C34H29Cl2F3N4O4/c35-24-14-22(20-43(19-21-4-2-1-3-5-21)31(44)8-9-42-10-12-47-13-11-42)32(45)27(16-24)30-17-25(28(18-40)33(46)41-30)26-15-23(34(37,38)39)6-7-29(26)36/h1-7,14-17,45H,8-13,19-20H2,(H,41,46). The van der Waals surface area contributed by atoms with Gasteiger partial charge in [-0.2, -0.15) is 18.4 Å². The molecule has 0 spiro atoms. The number of amides is 1. The van der Waals surface area contributed by atoms with E-state index in [1.54, 1.807) is 11.0 Å². The smallest absolute Gasteiger partial charge is 0.416 e. The Morgan fingerprint density at radius 2 is 1.72 bits per heavy atom. The van der Waals surface area contributed by atoms with Crippen LogP contribution in [0.15, 0.2) is 71.5 Å². The number of nitriles is 1. The number of ether oxygens (including phenoxy) is 1. The Kier molecular flexibility index (Phi) is 10.6. The molecule has 0 aliphatic carbocycles. The maximum absolute atomic E-state index is 13.6. The molecule has 13 heteroatoms. The second-order valence-electron chi connectivity index (χ2n) is 11.0. The predicted molar refractivity (Wildman–Crippen MR) is 172 cm³/mol. The van der Waals surface area contributed by atoms with Gasteiger partial charge in [-0.25, -0.2) is 0 Å². The van der Waals surface area contributed by atoms with Gasteiger partial charge >= 0.3 is 6.18 Å². The molecule has 8 nitrogen and oxygen atoms in total. The molecule has 2 heterocycles. The van der Waals surface area contributed by atoms with Crippen LogP contribution in [-0.4, -0.2) is 58.6 Å². The van der Waals surface area contributed by atoms with Gasteiger partial charge in [-0.15, -0.1) is 0 Å². The number of aromatic hydroxyl groups is 1. The molecule has 1 aliphatic heterocycles. The van der Waals surface area contributed by atoms with Gasteiger partial charge in [0.1, 0.15) is 17.4 Å². The van der Waals surface area contributed by atoms with Crippen LogP contribution in [0.5, 0.6) is 5.75 Å². The van der Waals surface area contributed by atoms with Crippen molar-refractivity contribution in [2.45, 2.75) is 25.7 Å². The Labute approximate surface area is 278 Å². The topological polar surface area (TPSA) is 110 Å². The van der Waals surface area contributed by atoms with Crippen LogP contribution >= 0.6 is 23.2 Å². The summed E-state index contributed by atoms with van der Waals surface area (Å²) in [5, 5.41) is 21.3. The summed E-state index contributed by atoms with van der Waals surface area (Å²) in [4.78, 5) is 32.9. The van der Waals surface area contributed by atoms with E-state index in [4.69, 9.17) is 27.9 Å². The molecule has 47 heavy (non-hydrogen) atoms. The molecule has 1 amide bonds. The fourth-order valence-electron chi connectivity index (χ4n) is 5.40. The Hall–Kier alpha value is -4.34. The number of aromatic nitrogens is 1. The molecule has 5 rings (SSSR count). The summed E-state index contributed by atoms with van der Waals surface area (Å²) in [5.74, 6) is -0.468. The Morgan fingerprint density at radius 3 is 2.40 bits per heavy atom. The van der Waals surface area contributed by atoms with Crippen LogP contribution in [0.3, 0.4) is 0 Å². The number of alkyl halides is 3. The van der Waals surface area contributed by atoms with E-state index in [2.05, 4.69) is 9.88 Å². The van der Waals surface area contributed by atoms with Crippen molar-refractivity contribution in [3.8, 4) is 34.2 Å². The number of nitrogens with one attached hydrogen (secondary N) is 1. The van der Waals surface area contributed by atoms with Crippen LogP contribution in [0, 0.1) is 11.3 Å². The lowest BCUT2D eigenvalue weighted by atomic mass is 9.96. The van der Waals surface area contributed by atoms with Gasteiger partial charge in [0.15, 0.2) is 0 Å². The van der Waals surface area contributed by atoms with E-state index in [-0.39, 0.29) is 69.2 Å². The van der Waals surface area contributed by atoms with Gasteiger partial charge in [-0.05, 0) is 42.0 Å². The molecule has 0 saturated carbocycles. The van der Waals surface area contributed by atoms with Crippen molar-refractivity contribution in [3.63, 3.8) is 0 Å². The summed E-state index contributed by atoms with van der Waals surface area (Å²) in [7, 11) is 0. The van der Waals surface area contributed by atoms with E-state index in [0.29, 0.717) is 19.8 Å². The van der Waals surface area contributed by atoms with Crippen LogP contribution in [0.4, 0.5) is 13.2 Å². The number of phenolic OH excluding ortho intramolecular Hbond substituents is 1. The van der Waals surface area contributed by atoms with Gasteiger partial charge < -0.3 is 19.7 Å². The summed E-state index contributed by atoms with van der Waals surface area (Å²) < 4.78 is 46.0. The number of H-pyrrole nitrogens is 1. The molecular weight excluding hydrogens is 656 g/mol. The molecule has 1 aliphatic rings. The number of nitrogens with zero attached hydrogens (tertiary/aromatic N) is 3. The maximum Gasteiger partial charge on any atom is 0.416 e. The minimum absolute atomic E-state index is 0.0213. The van der Waals surface area contributed by atoms with E-state index in [1.807, 2.05) is 30.3 Å². The fraction of sp³-hybridized carbons (Fsp3) is 0.265. The van der Waals surface area contributed by atoms with Crippen LogP contribution in [-0.2, 0) is 28.8 Å². The van der Waals surface area contributed by atoms with E-state index in [1.165, 1.54) is 18.2 Å². The van der Waals surface area contributed by atoms with Gasteiger partial charge in [0.2, 0.25) is 5.91 Å². The maximum atomic E-state index is 13.6. The lowest BCUT2D eigenvalue weighted by Gasteiger charge is -2.28. The van der Waals surface area contributed by atoms with Gasteiger partial charge in [-0.3, -0.25) is 14.5 Å². The number of phenols is 1. The van der Waals surface area contributed by atoms with Crippen molar-refractivity contribution in [1.82, 2.24) is 14.8 Å². The highest BCUT2D eigenvalue weighted by Crippen LogP contribution is 2.40. The number of aromatic amines is 1. The number of rotatable bonds is 9. The second kappa shape index (κ2) is 14.6. The lowest BCUT2D eigenvalue weighted by Crippen LogP contribution is -2.39. The molecule has 0 unspecified atom stereocenters. The molecule has 1 aromatic heterocycles. The minimum Gasteiger partial charge on any atom is -0.507 e. The number of morpholine rings is 1. The number of hydrogen-bond donors (Lipinski definition) is 2. The number of carbonyl (C=O) groups excluding carboxylic acids is 1. The summed E-state index contributed by atoms with van der Waals surface area (Å²) in [6, 6.07) is 17.8. The average Bonchev–Trinajstić information content (AvgIpc) is 3.05. The van der Waals surface area contributed by atoms with Crippen LogP contribution in [0.1, 0.15) is 28.7 Å². The van der Waals surface area contributed by atoms with E-state index >= 15 is 0 Å². The molecule has 0 radical (unpaired) electrons. The molecule has 1 saturated heterocycles. The highest BCUT2D eigenvalue weighted by molar-refractivity contribution is 6.33. The van der Waals surface area contributed by atoms with Crippen molar-refractivity contribution in [2.24, 2.45) is 0 Å². The highest BCUT2D eigenvalue weighted by atomic mass is 35.5. The van der Waals surface area contributed by atoms with Gasteiger partial charge in [0.05, 0.1) is 24.5 Å². The Bertz CT molecular complexity index is 1870. The van der Waals surface area contributed by atoms with Crippen molar-refractivity contribution in [1.29, 1.82) is 5.26 Å². The summed E-state index contributed by atoms with van der Waals surface area (Å²) in [5.41, 5.74) is -1.58. The van der Waals surface area contributed by atoms with E-state index in [9.17, 15) is 33.1 Å². The zero-order valence-corrected chi connectivity index (χ0v) is 26.4. The van der Waals surface area contributed by atoms with Crippen LogP contribution < -0.4 is 5.56 Å². The molecule has 3 aromatic carbocycles. The van der Waals surface area contributed by atoms with Crippen molar-refractivity contribution in [2.75, 3.05) is 32.8 Å². The zero-order valence-electron chi connectivity index (χ0n) is 24.9. The number of pyridine rings is 1. The molecule has 0 bridgehead atoms. The lowest BCUT2D eigenvalue weighted by molar-refractivity contribution is -0.137. The molecule has 0 atom stereocenters. The Balaban J connectivity index is 1.53. The van der Waals surface area contributed by atoms with Gasteiger partial charge in [-0.1, -0.05) is 53.5 Å². The first-order valence-electron chi connectivity index (χ1n) is 14.6. The molecular formula is C34H29Cl2F3N4O4. The molecule has 244 valence electrons. The Morgan fingerprint density at radius 1 is 1.00 bits per heavy atom. The third-order valence-electron chi connectivity index (χ3n) is 7.85. The summed E-state index contributed by atoms with van der Waals surface area (Å²) in [6.07, 6.45) is -4.48. The first-order valence-corrected chi connectivity index (χ1v) is 15.4. The highest BCUT2D eigenvalue weighted by Gasteiger charge is 2.31. The molecule has 4 aromatic rings. The molecule has 2 N–H and O–H groups in total. The number of benzene rings is 3. The SMILES string of the molecule is N#Cc1c(-c2cc(C(F)(F)F)ccc2Cl)cc(-c2cc(Cl)cc(CN(Cc3ccccc3)C(=O)CCN3CCOCC3)c2O)[nH]c1=O.